The van der Waals surface area contributed by atoms with E-state index < -0.39 is 5.92 Å². The van der Waals surface area contributed by atoms with E-state index in [0.717, 1.165) is 15.6 Å². The van der Waals surface area contributed by atoms with Crippen LogP contribution in [0.2, 0.25) is 5.02 Å². The molecule has 0 aliphatic carbocycles. The van der Waals surface area contributed by atoms with Crippen molar-refractivity contribution in [3.63, 3.8) is 0 Å². The van der Waals surface area contributed by atoms with E-state index in [1.54, 1.807) is 31.5 Å². The standard InChI is InChI=1S/C18H16BrClN2O2/c1-2-24-18(23)8-16(12-3-5-15(20)6-4-12)17(9-21)13-7-14(19)11-22-10-13/h3-7,10-11,16-17H,2,8H2,1H3. The Bertz CT molecular complexity index is 743. The number of nitrogens with zero attached hydrogens (tertiary/aromatic N) is 2. The molecule has 6 heteroatoms. The van der Waals surface area contributed by atoms with Crippen LogP contribution in [0, 0.1) is 11.3 Å². The van der Waals surface area contributed by atoms with Crippen molar-refractivity contribution >= 4 is 33.5 Å². The molecule has 2 rings (SSSR count). The predicted octanol–water partition coefficient (Wildman–Crippen LogP) is 4.84. The van der Waals surface area contributed by atoms with Crippen LogP contribution in [0.1, 0.15) is 36.3 Å². The summed E-state index contributed by atoms with van der Waals surface area (Å²) in [6.45, 7) is 2.07. The van der Waals surface area contributed by atoms with E-state index in [1.165, 1.54) is 0 Å². The third kappa shape index (κ3) is 4.80. The number of hydrogen-bond donors (Lipinski definition) is 0. The lowest BCUT2D eigenvalue weighted by Gasteiger charge is -2.22. The van der Waals surface area contributed by atoms with E-state index in [9.17, 15) is 10.1 Å². The minimum Gasteiger partial charge on any atom is -0.466 e. The molecule has 24 heavy (non-hydrogen) atoms. The summed E-state index contributed by atoms with van der Waals surface area (Å²) >= 11 is 9.32. The summed E-state index contributed by atoms with van der Waals surface area (Å²) in [5.41, 5.74) is 1.61. The van der Waals surface area contributed by atoms with Gasteiger partial charge in [0.1, 0.15) is 0 Å². The van der Waals surface area contributed by atoms with Gasteiger partial charge in [0.2, 0.25) is 0 Å². The van der Waals surface area contributed by atoms with Gasteiger partial charge in [-0.2, -0.15) is 5.26 Å². The Balaban J connectivity index is 2.41. The van der Waals surface area contributed by atoms with E-state index in [0.29, 0.717) is 11.6 Å². The number of carbonyl (C=O) groups is 1. The number of benzene rings is 1. The number of nitriles is 1. The molecule has 0 radical (unpaired) electrons. The Morgan fingerprint density at radius 3 is 2.62 bits per heavy atom. The Kier molecular flexibility index (Phi) is 6.77. The van der Waals surface area contributed by atoms with Gasteiger partial charge in [0, 0.05) is 27.8 Å². The smallest absolute Gasteiger partial charge is 0.306 e. The molecule has 124 valence electrons. The van der Waals surface area contributed by atoms with Crippen LogP contribution in [0.25, 0.3) is 0 Å². The number of hydrogen-bond acceptors (Lipinski definition) is 4. The molecule has 1 aromatic carbocycles. The summed E-state index contributed by atoms with van der Waals surface area (Å²) in [6.07, 6.45) is 3.41. The van der Waals surface area contributed by atoms with E-state index in [-0.39, 0.29) is 18.3 Å². The molecule has 4 nitrogen and oxygen atoms in total. The topological polar surface area (TPSA) is 63.0 Å². The molecule has 2 aromatic rings. The van der Waals surface area contributed by atoms with Crippen molar-refractivity contribution in [1.82, 2.24) is 4.98 Å². The summed E-state index contributed by atoms with van der Waals surface area (Å²) in [5.74, 6) is -1.20. The third-order valence-electron chi connectivity index (χ3n) is 3.62. The van der Waals surface area contributed by atoms with Crippen molar-refractivity contribution in [3.8, 4) is 6.07 Å². The fourth-order valence-corrected chi connectivity index (χ4v) is 3.04. The molecule has 0 saturated carbocycles. The maximum Gasteiger partial charge on any atom is 0.306 e. The highest BCUT2D eigenvalue weighted by Crippen LogP contribution is 2.36. The van der Waals surface area contributed by atoms with E-state index in [2.05, 4.69) is 27.0 Å². The summed E-state index contributed by atoms with van der Waals surface area (Å²) in [7, 11) is 0. The Morgan fingerprint density at radius 1 is 1.33 bits per heavy atom. The molecule has 1 heterocycles. The second-order valence-corrected chi connectivity index (χ2v) is 6.56. The first kappa shape index (κ1) is 18.4. The number of ether oxygens (including phenoxy) is 1. The normalized spacial score (nSPS) is 12.9. The van der Waals surface area contributed by atoms with Crippen molar-refractivity contribution in [2.45, 2.75) is 25.2 Å². The van der Waals surface area contributed by atoms with E-state index in [4.69, 9.17) is 16.3 Å². The highest BCUT2D eigenvalue weighted by atomic mass is 79.9. The van der Waals surface area contributed by atoms with Gasteiger partial charge in [-0.05, 0) is 52.2 Å². The second kappa shape index (κ2) is 8.81. The summed E-state index contributed by atoms with van der Waals surface area (Å²) in [5, 5.41) is 10.3. The molecular weight excluding hydrogens is 392 g/mol. The van der Waals surface area contributed by atoms with Crippen LogP contribution in [0.3, 0.4) is 0 Å². The molecule has 0 fully saturated rings. The van der Waals surface area contributed by atoms with Crippen LogP contribution in [-0.4, -0.2) is 17.6 Å². The average molecular weight is 408 g/mol. The molecule has 0 N–H and O–H groups in total. The Hall–Kier alpha value is -1.90. The maximum atomic E-state index is 12.0. The van der Waals surface area contributed by atoms with Crippen molar-refractivity contribution in [2.24, 2.45) is 0 Å². The summed E-state index contributed by atoms with van der Waals surface area (Å²) < 4.78 is 5.86. The van der Waals surface area contributed by atoms with Gasteiger partial charge in [-0.1, -0.05) is 23.7 Å². The maximum absolute atomic E-state index is 12.0. The third-order valence-corrected chi connectivity index (χ3v) is 4.30. The molecule has 0 bridgehead atoms. The van der Waals surface area contributed by atoms with Gasteiger partial charge in [0.05, 0.1) is 25.0 Å². The molecule has 2 atom stereocenters. The van der Waals surface area contributed by atoms with E-state index >= 15 is 0 Å². The molecule has 0 spiro atoms. The molecule has 0 aliphatic heterocycles. The van der Waals surface area contributed by atoms with Crippen LogP contribution >= 0.6 is 27.5 Å². The number of carbonyl (C=O) groups excluding carboxylic acids is 1. The molecular formula is C18H16BrClN2O2. The van der Waals surface area contributed by atoms with Crippen LogP contribution in [-0.2, 0) is 9.53 Å². The fourth-order valence-electron chi connectivity index (χ4n) is 2.53. The summed E-state index contributed by atoms with van der Waals surface area (Å²) in [6, 6.07) is 11.3. The van der Waals surface area contributed by atoms with Gasteiger partial charge in [-0.25, -0.2) is 0 Å². The lowest BCUT2D eigenvalue weighted by Crippen LogP contribution is -2.16. The number of pyridine rings is 1. The van der Waals surface area contributed by atoms with Crippen molar-refractivity contribution in [2.75, 3.05) is 6.61 Å². The van der Waals surface area contributed by atoms with Crippen LogP contribution in [0.4, 0.5) is 0 Å². The zero-order valence-electron chi connectivity index (χ0n) is 13.1. The monoisotopic (exact) mass is 406 g/mol. The second-order valence-electron chi connectivity index (χ2n) is 5.21. The molecule has 0 amide bonds. The van der Waals surface area contributed by atoms with Gasteiger partial charge in [0.25, 0.3) is 0 Å². The minimum atomic E-state index is -0.527. The molecule has 0 aliphatic rings. The van der Waals surface area contributed by atoms with Crippen LogP contribution < -0.4 is 0 Å². The predicted molar refractivity (Wildman–Crippen MR) is 95.7 cm³/mol. The van der Waals surface area contributed by atoms with Gasteiger partial charge in [0.15, 0.2) is 0 Å². The Morgan fingerprint density at radius 2 is 2.04 bits per heavy atom. The first-order chi connectivity index (χ1) is 11.5. The first-order valence-electron chi connectivity index (χ1n) is 7.46. The molecule has 1 aromatic heterocycles. The highest BCUT2D eigenvalue weighted by molar-refractivity contribution is 9.10. The van der Waals surface area contributed by atoms with Gasteiger partial charge in [-0.3, -0.25) is 9.78 Å². The fraction of sp³-hybridized carbons (Fsp3) is 0.278. The number of rotatable bonds is 6. The largest absolute Gasteiger partial charge is 0.466 e. The van der Waals surface area contributed by atoms with Crippen molar-refractivity contribution in [3.05, 3.63) is 63.3 Å². The van der Waals surface area contributed by atoms with Gasteiger partial charge in [-0.15, -0.1) is 0 Å². The number of esters is 1. The first-order valence-corrected chi connectivity index (χ1v) is 8.63. The quantitative estimate of drug-likeness (QED) is 0.643. The van der Waals surface area contributed by atoms with Gasteiger partial charge >= 0.3 is 5.97 Å². The van der Waals surface area contributed by atoms with Crippen LogP contribution in [0.5, 0.6) is 0 Å². The summed E-state index contributed by atoms with van der Waals surface area (Å²) in [4.78, 5) is 16.2. The lowest BCUT2D eigenvalue weighted by atomic mass is 9.81. The zero-order valence-corrected chi connectivity index (χ0v) is 15.4. The number of halogens is 2. The zero-order chi connectivity index (χ0) is 17.5. The van der Waals surface area contributed by atoms with Crippen molar-refractivity contribution in [1.29, 1.82) is 5.26 Å². The van der Waals surface area contributed by atoms with E-state index in [1.807, 2.05) is 18.2 Å². The average Bonchev–Trinajstić information content (AvgIpc) is 2.56. The lowest BCUT2D eigenvalue weighted by molar-refractivity contribution is -0.143. The number of aromatic nitrogens is 1. The van der Waals surface area contributed by atoms with Crippen molar-refractivity contribution < 1.29 is 9.53 Å². The Labute approximate surface area is 154 Å². The van der Waals surface area contributed by atoms with Crippen LogP contribution in [0.15, 0.2) is 47.2 Å². The minimum absolute atomic E-state index is 0.111. The highest BCUT2D eigenvalue weighted by Gasteiger charge is 2.28. The molecule has 2 unspecified atom stereocenters. The molecule has 0 saturated heterocycles. The SMILES string of the molecule is CCOC(=O)CC(c1ccc(Cl)cc1)C(C#N)c1cncc(Br)c1. The van der Waals surface area contributed by atoms with Gasteiger partial charge < -0.3 is 4.74 Å².